The van der Waals surface area contributed by atoms with Crippen LogP contribution in [0.5, 0.6) is 0 Å². The van der Waals surface area contributed by atoms with Crippen LogP contribution >= 0.6 is 0 Å². The Hall–Kier alpha value is -1.83. The van der Waals surface area contributed by atoms with Gasteiger partial charge in [0.2, 0.25) is 11.8 Å². The van der Waals surface area contributed by atoms with E-state index in [1.54, 1.807) is 6.92 Å². The molecule has 0 fully saturated rings. The highest BCUT2D eigenvalue weighted by atomic mass is 16.2. The molecule has 0 saturated heterocycles. The zero-order valence-electron chi connectivity index (χ0n) is 12.9. The molecule has 0 heterocycles. The van der Waals surface area contributed by atoms with E-state index in [1.807, 2.05) is 6.92 Å². The fourth-order valence-corrected chi connectivity index (χ4v) is 1.60. The van der Waals surface area contributed by atoms with E-state index < -0.39 is 12.1 Å². The lowest BCUT2D eigenvalue weighted by atomic mass is 10.1. The van der Waals surface area contributed by atoms with E-state index in [1.165, 1.54) is 0 Å². The zero-order chi connectivity index (χ0) is 16.3. The summed E-state index contributed by atoms with van der Waals surface area (Å²) in [5.41, 5.74) is 16.2. The Labute approximate surface area is 125 Å². The minimum absolute atomic E-state index is 0.0592. The molecule has 0 aliphatic carbocycles. The van der Waals surface area contributed by atoms with Gasteiger partial charge in [0.05, 0.1) is 6.04 Å². The first-order chi connectivity index (χ1) is 9.88. The molecule has 0 unspecified atom stereocenters. The van der Waals surface area contributed by atoms with Crippen LogP contribution in [0.4, 0.5) is 0 Å². The Morgan fingerprint density at radius 1 is 1.19 bits per heavy atom. The van der Waals surface area contributed by atoms with Gasteiger partial charge < -0.3 is 27.8 Å². The van der Waals surface area contributed by atoms with Crippen molar-refractivity contribution < 1.29 is 9.59 Å². The van der Waals surface area contributed by atoms with Crippen LogP contribution in [-0.4, -0.2) is 42.9 Å². The first kappa shape index (κ1) is 19.2. The molecule has 0 aliphatic heterocycles. The van der Waals surface area contributed by atoms with Crippen molar-refractivity contribution in [3.05, 3.63) is 0 Å². The third kappa shape index (κ3) is 9.67. The minimum atomic E-state index is -0.634. The minimum Gasteiger partial charge on any atom is -0.370 e. The Bertz CT molecular complexity index is 355. The Kier molecular flexibility index (Phi) is 9.95. The Morgan fingerprint density at radius 2 is 1.86 bits per heavy atom. The molecular formula is C13H28N6O2. The van der Waals surface area contributed by atoms with Crippen molar-refractivity contribution in [1.82, 2.24) is 10.6 Å². The number of unbranched alkanes of at least 4 members (excludes halogenated alkanes) is 1. The van der Waals surface area contributed by atoms with E-state index in [-0.39, 0.29) is 17.8 Å². The van der Waals surface area contributed by atoms with Crippen molar-refractivity contribution in [3.8, 4) is 0 Å². The van der Waals surface area contributed by atoms with Crippen molar-refractivity contribution in [2.75, 3.05) is 13.1 Å². The molecule has 8 heteroatoms. The SMILES string of the molecule is CCCNC(=O)[C@@H](C)NC(=O)[C@@H](N)CCCCN=C(N)N. The number of nitrogens with two attached hydrogens (primary N) is 3. The first-order valence-electron chi connectivity index (χ1n) is 7.27. The normalized spacial score (nSPS) is 13.1. The maximum Gasteiger partial charge on any atom is 0.242 e. The van der Waals surface area contributed by atoms with Gasteiger partial charge in [-0.3, -0.25) is 14.6 Å². The predicted octanol–water partition coefficient (Wildman–Crippen LogP) is -1.21. The highest BCUT2D eigenvalue weighted by Crippen LogP contribution is 2.00. The summed E-state index contributed by atoms with van der Waals surface area (Å²) in [7, 11) is 0. The number of carbonyl (C=O) groups excluding carboxylic acids is 2. The Balaban J connectivity index is 3.93. The van der Waals surface area contributed by atoms with Gasteiger partial charge >= 0.3 is 0 Å². The molecule has 8 N–H and O–H groups in total. The number of rotatable bonds is 10. The van der Waals surface area contributed by atoms with Crippen molar-refractivity contribution in [2.45, 2.75) is 51.6 Å². The highest BCUT2D eigenvalue weighted by molar-refractivity contribution is 5.89. The molecule has 0 aliphatic rings. The number of aliphatic imine (C=N–C) groups is 1. The maximum atomic E-state index is 11.8. The monoisotopic (exact) mass is 300 g/mol. The lowest BCUT2D eigenvalue weighted by Gasteiger charge is -2.17. The number of hydrogen-bond donors (Lipinski definition) is 5. The summed E-state index contributed by atoms with van der Waals surface area (Å²) in [6.45, 7) is 4.71. The van der Waals surface area contributed by atoms with Crippen LogP contribution in [0.3, 0.4) is 0 Å². The summed E-state index contributed by atoms with van der Waals surface area (Å²) in [5, 5.41) is 5.32. The predicted molar refractivity (Wildman–Crippen MR) is 83.4 cm³/mol. The van der Waals surface area contributed by atoms with Crippen LogP contribution in [0.1, 0.15) is 39.5 Å². The highest BCUT2D eigenvalue weighted by Gasteiger charge is 2.19. The molecule has 0 radical (unpaired) electrons. The third-order valence-corrected chi connectivity index (χ3v) is 2.86. The van der Waals surface area contributed by atoms with E-state index in [0.29, 0.717) is 19.5 Å². The lowest BCUT2D eigenvalue weighted by Crippen LogP contribution is -2.50. The number of carbonyl (C=O) groups is 2. The summed E-state index contributed by atoms with van der Waals surface area (Å²) in [6.07, 6.45) is 2.87. The van der Waals surface area contributed by atoms with Crippen molar-refractivity contribution >= 4 is 17.8 Å². The van der Waals surface area contributed by atoms with Crippen molar-refractivity contribution in [3.63, 3.8) is 0 Å². The van der Waals surface area contributed by atoms with Crippen molar-refractivity contribution in [2.24, 2.45) is 22.2 Å². The van der Waals surface area contributed by atoms with Gasteiger partial charge in [-0.25, -0.2) is 0 Å². The second kappa shape index (κ2) is 10.9. The van der Waals surface area contributed by atoms with E-state index in [9.17, 15) is 9.59 Å². The average Bonchev–Trinajstić information content (AvgIpc) is 2.43. The molecule has 2 atom stereocenters. The second-order valence-corrected chi connectivity index (χ2v) is 4.93. The molecule has 0 aromatic rings. The summed E-state index contributed by atoms with van der Waals surface area (Å²) in [4.78, 5) is 27.3. The molecule has 21 heavy (non-hydrogen) atoms. The van der Waals surface area contributed by atoms with Crippen LogP contribution < -0.4 is 27.8 Å². The van der Waals surface area contributed by atoms with E-state index in [0.717, 1.165) is 19.3 Å². The molecule has 0 saturated carbocycles. The molecule has 0 aromatic carbocycles. The smallest absolute Gasteiger partial charge is 0.242 e. The first-order valence-corrected chi connectivity index (χ1v) is 7.27. The quantitative estimate of drug-likeness (QED) is 0.195. The average molecular weight is 300 g/mol. The van der Waals surface area contributed by atoms with E-state index in [4.69, 9.17) is 17.2 Å². The van der Waals surface area contributed by atoms with E-state index in [2.05, 4.69) is 15.6 Å². The standard InChI is InChI=1S/C13H28N6O2/c1-3-7-17-11(20)9(2)19-12(21)10(14)6-4-5-8-18-13(15)16/h9-10H,3-8,14H2,1-2H3,(H,17,20)(H,19,21)(H4,15,16,18)/t9-,10+/m1/s1. The van der Waals surface area contributed by atoms with Gasteiger partial charge in [0, 0.05) is 13.1 Å². The van der Waals surface area contributed by atoms with E-state index >= 15 is 0 Å². The number of hydrogen-bond acceptors (Lipinski definition) is 4. The second-order valence-electron chi connectivity index (χ2n) is 4.93. The van der Waals surface area contributed by atoms with Gasteiger partial charge in [-0.1, -0.05) is 6.92 Å². The summed E-state index contributed by atoms with van der Waals surface area (Å²) < 4.78 is 0. The van der Waals surface area contributed by atoms with Crippen LogP contribution in [0.15, 0.2) is 4.99 Å². The van der Waals surface area contributed by atoms with Gasteiger partial charge in [0.25, 0.3) is 0 Å². The molecule has 0 spiro atoms. The summed E-state index contributed by atoms with van der Waals surface area (Å²) >= 11 is 0. The number of nitrogens with one attached hydrogen (secondary N) is 2. The molecule has 0 rings (SSSR count). The van der Waals surface area contributed by atoms with Gasteiger partial charge in [-0.2, -0.15) is 0 Å². The van der Waals surface area contributed by atoms with Crippen molar-refractivity contribution in [1.29, 1.82) is 0 Å². The summed E-state index contributed by atoms with van der Waals surface area (Å²) in [5.74, 6) is -0.467. The number of amides is 2. The fraction of sp³-hybridized carbons (Fsp3) is 0.769. The summed E-state index contributed by atoms with van der Waals surface area (Å²) in [6, 6.07) is -1.22. The molecule has 2 amide bonds. The zero-order valence-corrected chi connectivity index (χ0v) is 12.9. The molecule has 8 nitrogen and oxygen atoms in total. The van der Waals surface area contributed by atoms with Crippen LogP contribution in [0.2, 0.25) is 0 Å². The lowest BCUT2D eigenvalue weighted by molar-refractivity contribution is -0.129. The van der Waals surface area contributed by atoms with Crippen LogP contribution in [0.25, 0.3) is 0 Å². The van der Waals surface area contributed by atoms with Crippen LogP contribution in [0, 0.1) is 0 Å². The molecular weight excluding hydrogens is 272 g/mol. The van der Waals surface area contributed by atoms with Crippen LogP contribution in [-0.2, 0) is 9.59 Å². The maximum absolute atomic E-state index is 11.8. The third-order valence-electron chi connectivity index (χ3n) is 2.86. The molecule has 0 aromatic heterocycles. The van der Waals surface area contributed by atoms with Gasteiger partial charge in [-0.05, 0) is 32.6 Å². The Morgan fingerprint density at radius 3 is 2.43 bits per heavy atom. The van der Waals surface area contributed by atoms with Gasteiger partial charge in [0.15, 0.2) is 5.96 Å². The molecule has 122 valence electrons. The van der Waals surface area contributed by atoms with Gasteiger partial charge in [0.1, 0.15) is 6.04 Å². The number of nitrogens with zero attached hydrogens (tertiary/aromatic N) is 1. The number of guanidine groups is 1. The molecule has 0 bridgehead atoms. The van der Waals surface area contributed by atoms with Gasteiger partial charge in [-0.15, -0.1) is 0 Å². The largest absolute Gasteiger partial charge is 0.370 e. The topological polar surface area (TPSA) is 149 Å². The fourth-order valence-electron chi connectivity index (χ4n) is 1.60.